The first-order valence-corrected chi connectivity index (χ1v) is 1.53. The summed E-state index contributed by atoms with van der Waals surface area (Å²) >= 11 is 0. The van der Waals surface area contributed by atoms with Crippen molar-refractivity contribution in [1.29, 1.82) is 0 Å². The molecule has 0 aliphatic rings. The molecule has 1 rings (SSSR count). The molecule has 0 saturated carbocycles. The highest BCUT2D eigenvalue weighted by atomic mass is 16.1. The first kappa shape index (κ1) is 3.21. The minimum atomic E-state index is -0.185. The summed E-state index contributed by atoms with van der Waals surface area (Å²) in [6.07, 6.45) is 0. The van der Waals surface area contributed by atoms with Gasteiger partial charge in [0, 0.05) is 0 Å². The molecule has 0 aliphatic carbocycles. The van der Waals surface area contributed by atoms with Gasteiger partial charge in [-0.1, -0.05) is 0 Å². The number of hydrogen-bond donors (Lipinski definition) is 2. The predicted octanol–water partition coefficient (Wildman–Crippen LogP) is -0.913. The molecule has 0 bridgehead atoms. The molecule has 0 saturated heterocycles. The molecule has 6 heavy (non-hydrogen) atoms. The van der Waals surface area contributed by atoms with Crippen LogP contribution in [0.3, 0.4) is 0 Å². The fourth-order valence-electron chi connectivity index (χ4n) is 0.198. The van der Waals surface area contributed by atoms with Crippen molar-refractivity contribution in [1.82, 2.24) is 0 Å². The third-order valence-corrected chi connectivity index (χ3v) is 0.717. The smallest absolute Gasteiger partial charge is 0.228 e. The van der Waals surface area contributed by atoms with Gasteiger partial charge in [-0.3, -0.25) is 4.79 Å². The van der Waals surface area contributed by atoms with Crippen LogP contribution >= 0.6 is 0 Å². The summed E-state index contributed by atoms with van der Waals surface area (Å²) < 4.78 is 0. The third kappa shape index (κ3) is 0.150. The molecule has 1 aromatic rings. The van der Waals surface area contributed by atoms with Crippen molar-refractivity contribution in [3.05, 3.63) is 10.2 Å². The lowest BCUT2D eigenvalue weighted by Crippen LogP contribution is -1.81. The van der Waals surface area contributed by atoms with E-state index in [-0.39, 0.29) is 16.8 Å². The maximum Gasteiger partial charge on any atom is 0.228 e. The number of nitrogen functional groups attached to an aromatic ring is 2. The Morgan fingerprint density at radius 3 is 1.33 bits per heavy atom. The molecule has 0 unspecified atom stereocenters. The molecular weight excluding hydrogens is 80.0 g/mol. The average Bonchev–Trinajstić information content (AvgIpc) is 1.94. The SMILES string of the molecule is Nc1c(N)c1=O. The van der Waals surface area contributed by atoms with Crippen molar-refractivity contribution in [2.75, 3.05) is 11.5 Å². The topological polar surface area (TPSA) is 69.1 Å². The Kier molecular flexibility index (Phi) is 0.303. The molecule has 0 radical (unpaired) electrons. The summed E-state index contributed by atoms with van der Waals surface area (Å²) in [4.78, 5) is 9.89. The van der Waals surface area contributed by atoms with Crippen molar-refractivity contribution in [2.45, 2.75) is 0 Å². The number of rotatable bonds is 0. The van der Waals surface area contributed by atoms with E-state index in [0.29, 0.717) is 0 Å². The Bertz CT molecular complexity index is 155. The van der Waals surface area contributed by atoms with E-state index in [9.17, 15) is 4.79 Å². The van der Waals surface area contributed by atoms with Crippen LogP contribution in [0.5, 0.6) is 0 Å². The van der Waals surface area contributed by atoms with Crippen LogP contribution in [0.4, 0.5) is 11.4 Å². The molecule has 0 spiro atoms. The van der Waals surface area contributed by atoms with Crippen LogP contribution in [0.1, 0.15) is 0 Å². The highest BCUT2D eigenvalue weighted by Crippen LogP contribution is 2.10. The van der Waals surface area contributed by atoms with E-state index in [1.54, 1.807) is 0 Å². The van der Waals surface area contributed by atoms with Crippen LogP contribution in [0, 0.1) is 0 Å². The van der Waals surface area contributed by atoms with Crippen molar-refractivity contribution in [3.63, 3.8) is 0 Å². The first-order valence-electron chi connectivity index (χ1n) is 1.53. The maximum atomic E-state index is 9.89. The van der Waals surface area contributed by atoms with Gasteiger partial charge in [0.1, 0.15) is 11.4 Å². The minimum absolute atomic E-state index is 0.185. The molecule has 3 heteroatoms. The van der Waals surface area contributed by atoms with Crippen LogP contribution in [0.2, 0.25) is 0 Å². The monoisotopic (exact) mass is 84.0 g/mol. The molecule has 0 atom stereocenters. The molecule has 32 valence electrons. The predicted molar refractivity (Wildman–Crippen MR) is 23.9 cm³/mol. The summed E-state index contributed by atoms with van der Waals surface area (Å²) in [6.45, 7) is 0. The van der Waals surface area contributed by atoms with Crippen LogP contribution in [0.15, 0.2) is 4.79 Å². The van der Waals surface area contributed by atoms with Crippen LogP contribution in [-0.2, 0) is 0 Å². The lowest BCUT2D eigenvalue weighted by atomic mass is 10.9. The number of hydrogen-bond acceptors (Lipinski definition) is 3. The van der Waals surface area contributed by atoms with E-state index in [0.717, 1.165) is 0 Å². The molecule has 4 N–H and O–H groups in total. The van der Waals surface area contributed by atoms with E-state index < -0.39 is 0 Å². The summed E-state index contributed by atoms with van der Waals surface area (Å²) in [7, 11) is 0. The van der Waals surface area contributed by atoms with Gasteiger partial charge >= 0.3 is 0 Å². The van der Waals surface area contributed by atoms with Crippen molar-refractivity contribution in [3.8, 4) is 0 Å². The van der Waals surface area contributed by atoms with Gasteiger partial charge in [-0.2, -0.15) is 0 Å². The van der Waals surface area contributed by atoms with Crippen LogP contribution in [-0.4, -0.2) is 0 Å². The summed E-state index contributed by atoms with van der Waals surface area (Å²) in [5, 5.41) is 0. The molecule has 3 nitrogen and oxygen atoms in total. The normalized spacial score (nSPS) is 10.0. The molecule has 0 aliphatic heterocycles. The first-order chi connectivity index (χ1) is 2.73. The largest absolute Gasteiger partial charge is 0.394 e. The molecule has 0 amide bonds. The van der Waals surface area contributed by atoms with Gasteiger partial charge in [0.15, 0.2) is 0 Å². The van der Waals surface area contributed by atoms with Crippen molar-refractivity contribution in [2.24, 2.45) is 0 Å². The number of anilines is 2. The van der Waals surface area contributed by atoms with E-state index in [1.807, 2.05) is 0 Å². The minimum Gasteiger partial charge on any atom is -0.394 e. The van der Waals surface area contributed by atoms with E-state index in [1.165, 1.54) is 0 Å². The lowest BCUT2D eigenvalue weighted by Gasteiger charge is -1.56. The zero-order chi connectivity index (χ0) is 4.73. The Morgan fingerprint density at radius 1 is 1.17 bits per heavy atom. The Morgan fingerprint density at radius 2 is 1.33 bits per heavy atom. The second-order valence-electron chi connectivity index (χ2n) is 1.16. The summed E-state index contributed by atoms with van der Waals surface area (Å²) in [5.41, 5.74) is 10.1. The number of nitrogens with two attached hydrogens (primary N) is 2. The lowest BCUT2D eigenvalue weighted by molar-refractivity contribution is 1.96. The van der Waals surface area contributed by atoms with E-state index in [4.69, 9.17) is 11.5 Å². The van der Waals surface area contributed by atoms with Crippen molar-refractivity contribution >= 4 is 11.4 Å². The summed E-state index contributed by atoms with van der Waals surface area (Å²) in [5.74, 6) is 0. The molecule has 0 fully saturated rings. The Balaban J connectivity index is 3.11. The van der Waals surface area contributed by atoms with Gasteiger partial charge < -0.3 is 11.5 Å². The molecule has 0 heterocycles. The van der Waals surface area contributed by atoms with Gasteiger partial charge in [0.2, 0.25) is 5.43 Å². The fourth-order valence-corrected chi connectivity index (χ4v) is 0.198. The van der Waals surface area contributed by atoms with E-state index in [2.05, 4.69) is 0 Å². The molecular formula is C3H4N2O. The van der Waals surface area contributed by atoms with Gasteiger partial charge in [-0.15, -0.1) is 0 Å². The average molecular weight is 84.1 g/mol. The van der Waals surface area contributed by atoms with Crippen LogP contribution in [0.25, 0.3) is 0 Å². The zero-order valence-electron chi connectivity index (χ0n) is 3.06. The highest BCUT2D eigenvalue weighted by molar-refractivity contribution is 5.77. The van der Waals surface area contributed by atoms with E-state index >= 15 is 0 Å². The standard InChI is InChI=1S/C3H4N2O/c4-1-2(5)3(1)6/h4-5H2. The van der Waals surface area contributed by atoms with Gasteiger partial charge in [-0.05, 0) is 0 Å². The van der Waals surface area contributed by atoms with Gasteiger partial charge in [0.25, 0.3) is 0 Å². The fraction of sp³-hybridized carbons (Fsp3) is 0. The quantitative estimate of drug-likeness (QED) is 0.427. The van der Waals surface area contributed by atoms with Crippen molar-refractivity contribution < 1.29 is 0 Å². The van der Waals surface area contributed by atoms with Gasteiger partial charge in [0.05, 0.1) is 0 Å². The summed E-state index contributed by atoms with van der Waals surface area (Å²) in [6, 6.07) is 0. The molecule has 0 aromatic heterocycles. The second-order valence-corrected chi connectivity index (χ2v) is 1.16. The maximum absolute atomic E-state index is 9.89. The Hall–Kier alpha value is -0.990. The third-order valence-electron chi connectivity index (χ3n) is 0.717. The van der Waals surface area contributed by atoms with Crippen LogP contribution < -0.4 is 16.9 Å². The van der Waals surface area contributed by atoms with Gasteiger partial charge in [-0.25, -0.2) is 0 Å². The zero-order valence-corrected chi connectivity index (χ0v) is 3.06. The second kappa shape index (κ2) is 0.566. The molecule has 1 aromatic carbocycles. The highest BCUT2D eigenvalue weighted by Gasteiger charge is 2.12. The Labute approximate surface area is 34.2 Å².